The van der Waals surface area contributed by atoms with E-state index in [0.29, 0.717) is 0 Å². The molecule has 3 nitrogen and oxygen atoms in total. The number of fused-ring (bicyclic) bond motifs is 1. The van der Waals surface area contributed by atoms with Gasteiger partial charge in [-0.05, 0) is 23.8 Å². The lowest BCUT2D eigenvalue weighted by atomic mass is 10.2. The van der Waals surface area contributed by atoms with E-state index < -0.39 is 0 Å². The Morgan fingerprint density at radius 2 is 1.88 bits per heavy atom. The third-order valence-electron chi connectivity index (χ3n) is 2.65. The Kier molecular flexibility index (Phi) is 2.65. The number of nitrogens with zero attached hydrogens (tertiary/aromatic N) is 3. The van der Waals surface area contributed by atoms with Gasteiger partial charge >= 0.3 is 0 Å². The van der Waals surface area contributed by atoms with Crippen LogP contribution >= 0.6 is 15.9 Å². The van der Waals surface area contributed by atoms with Crippen LogP contribution in [0.1, 0.15) is 5.56 Å². The van der Waals surface area contributed by atoms with Crippen LogP contribution in [0.15, 0.2) is 53.0 Å². The zero-order valence-electron chi connectivity index (χ0n) is 9.05. The van der Waals surface area contributed by atoms with Gasteiger partial charge in [0.2, 0.25) is 0 Å². The topological polar surface area (TPSA) is 30.7 Å². The van der Waals surface area contributed by atoms with Gasteiger partial charge in [0.05, 0.1) is 12.1 Å². The summed E-state index contributed by atoms with van der Waals surface area (Å²) in [4.78, 5) is 0. The van der Waals surface area contributed by atoms with Crippen molar-refractivity contribution < 1.29 is 0 Å². The Morgan fingerprint density at radius 3 is 2.71 bits per heavy atom. The molecular formula is C13H10BrN3. The van der Waals surface area contributed by atoms with E-state index in [2.05, 4.69) is 38.4 Å². The summed E-state index contributed by atoms with van der Waals surface area (Å²) in [6.45, 7) is 0.749. The summed E-state index contributed by atoms with van der Waals surface area (Å²) < 4.78 is 2.94. The lowest BCUT2D eigenvalue weighted by molar-refractivity contribution is 0.670. The first-order chi connectivity index (χ1) is 8.33. The summed E-state index contributed by atoms with van der Waals surface area (Å²) in [6, 6.07) is 16.3. The minimum Gasteiger partial charge on any atom is -0.240 e. The minimum absolute atomic E-state index is 0.749. The van der Waals surface area contributed by atoms with Crippen molar-refractivity contribution in [1.82, 2.24) is 15.0 Å². The van der Waals surface area contributed by atoms with Crippen LogP contribution in [-0.4, -0.2) is 15.0 Å². The molecule has 0 amide bonds. The van der Waals surface area contributed by atoms with Crippen LogP contribution in [0.4, 0.5) is 0 Å². The maximum atomic E-state index is 4.18. The fourth-order valence-corrected chi connectivity index (χ4v) is 2.17. The first-order valence-corrected chi connectivity index (χ1v) is 6.15. The Bertz CT molecular complexity index is 646. The van der Waals surface area contributed by atoms with Crippen LogP contribution in [0.3, 0.4) is 0 Å². The average Bonchev–Trinajstić information content (AvgIpc) is 2.73. The van der Waals surface area contributed by atoms with Crippen molar-refractivity contribution >= 4 is 27.0 Å². The van der Waals surface area contributed by atoms with Gasteiger partial charge in [0.1, 0.15) is 5.52 Å². The Morgan fingerprint density at radius 1 is 1.06 bits per heavy atom. The van der Waals surface area contributed by atoms with E-state index in [-0.39, 0.29) is 0 Å². The van der Waals surface area contributed by atoms with Gasteiger partial charge in [-0.1, -0.05) is 51.5 Å². The van der Waals surface area contributed by atoms with Crippen LogP contribution in [-0.2, 0) is 6.54 Å². The van der Waals surface area contributed by atoms with E-state index in [1.165, 1.54) is 5.56 Å². The first kappa shape index (κ1) is 10.5. The van der Waals surface area contributed by atoms with Crippen LogP contribution in [0.5, 0.6) is 0 Å². The van der Waals surface area contributed by atoms with Crippen LogP contribution in [0.2, 0.25) is 0 Å². The van der Waals surface area contributed by atoms with Gasteiger partial charge in [-0.2, -0.15) is 0 Å². The highest BCUT2D eigenvalue weighted by atomic mass is 79.9. The molecule has 17 heavy (non-hydrogen) atoms. The maximum Gasteiger partial charge on any atom is 0.114 e. The largest absolute Gasteiger partial charge is 0.240 e. The van der Waals surface area contributed by atoms with Crippen molar-refractivity contribution in [3.63, 3.8) is 0 Å². The van der Waals surface area contributed by atoms with E-state index in [4.69, 9.17) is 0 Å². The van der Waals surface area contributed by atoms with E-state index in [0.717, 1.165) is 22.1 Å². The molecule has 0 saturated carbocycles. The Hall–Kier alpha value is -1.68. The predicted molar refractivity (Wildman–Crippen MR) is 70.8 cm³/mol. The SMILES string of the molecule is Brc1ccc2c(c1)nnn2Cc1ccccc1. The van der Waals surface area contributed by atoms with Crippen LogP contribution in [0, 0.1) is 0 Å². The zero-order chi connectivity index (χ0) is 11.7. The smallest absolute Gasteiger partial charge is 0.114 e. The van der Waals surface area contributed by atoms with Crippen molar-refractivity contribution in [3.05, 3.63) is 58.6 Å². The quantitative estimate of drug-likeness (QED) is 0.724. The van der Waals surface area contributed by atoms with E-state index in [9.17, 15) is 0 Å². The van der Waals surface area contributed by atoms with Gasteiger partial charge in [-0.3, -0.25) is 0 Å². The number of halogens is 1. The van der Waals surface area contributed by atoms with Crippen molar-refractivity contribution in [2.75, 3.05) is 0 Å². The highest BCUT2D eigenvalue weighted by molar-refractivity contribution is 9.10. The molecule has 0 fully saturated rings. The summed E-state index contributed by atoms with van der Waals surface area (Å²) >= 11 is 3.43. The lowest BCUT2D eigenvalue weighted by Gasteiger charge is -2.02. The molecule has 0 aliphatic rings. The Labute approximate surface area is 107 Å². The molecule has 0 radical (unpaired) electrons. The minimum atomic E-state index is 0.749. The fourth-order valence-electron chi connectivity index (χ4n) is 1.82. The molecule has 0 saturated heterocycles. The van der Waals surface area contributed by atoms with Gasteiger partial charge in [-0.25, -0.2) is 4.68 Å². The second-order valence-electron chi connectivity index (χ2n) is 3.87. The van der Waals surface area contributed by atoms with Gasteiger partial charge in [0.15, 0.2) is 0 Å². The van der Waals surface area contributed by atoms with Gasteiger partial charge in [-0.15, -0.1) is 5.10 Å². The molecule has 0 unspecified atom stereocenters. The fraction of sp³-hybridized carbons (Fsp3) is 0.0769. The summed E-state index contributed by atoms with van der Waals surface area (Å²) in [5, 5.41) is 8.34. The third kappa shape index (κ3) is 2.08. The van der Waals surface area contributed by atoms with Gasteiger partial charge in [0.25, 0.3) is 0 Å². The van der Waals surface area contributed by atoms with Crippen molar-refractivity contribution in [2.24, 2.45) is 0 Å². The van der Waals surface area contributed by atoms with Gasteiger partial charge < -0.3 is 0 Å². The lowest BCUT2D eigenvalue weighted by Crippen LogP contribution is -2.01. The molecule has 2 aromatic carbocycles. The average molecular weight is 288 g/mol. The second-order valence-corrected chi connectivity index (χ2v) is 4.78. The number of rotatable bonds is 2. The molecule has 3 rings (SSSR count). The molecule has 0 atom stereocenters. The van der Waals surface area contributed by atoms with Crippen molar-refractivity contribution in [3.8, 4) is 0 Å². The number of benzene rings is 2. The van der Waals surface area contributed by atoms with Gasteiger partial charge in [0, 0.05) is 4.47 Å². The normalized spacial score (nSPS) is 10.9. The van der Waals surface area contributed by atoms with E-state index in [1.807, 2.05) is 41.1 Å². The molecule has 0 bridgehead atoms. The van der Waals surface area contributed by atoms with Crippen LogP contribution < -0.4 is 0 Å². The van der Waals surface area contributed by atoms with Crippen LogP contribution in [0.25, 0.3) is 11.0 Å². The molecule has 1 aromatic heterocycles. The molecular weight excluding hydrogens is 278 g/mol. The second kappa shape index (κ2) is 4.30. The van der Waals surface area contributed by atoms with Crippen molar-refractivity contribution in [2.45, 2.75) is 6.54 Å². The molecule has 0 aliphatic heterocycles. The first-order valence-electron chi connectivity index (χ1n) is 5.35. The van der Waals surface area contributed by atoms with E-state index in [1.54, 1.807) is 0 Å². The molecule has 84 valence electrons. The monoisotopic (exact) mass is 287 g/mol. The summed E-state index contributed by atoms with van der Waals surface area (Å²) in [5.41, 5.74) is 3.19. The summed E-state index contributed by atoms with van der Waals surface area (Å²) in [5.74, 6) is 0. The number of hydrogen-bond acceptors (Lipinski definition) is 2. The van der Waals surface area contributed by atoms with Crippen molar-refractivity contribution in [1.29, 1.82) is 0 Å². The summed E-state index contributed by atoms with van der Waals surface area (Å²) in [6.07, 6.45) is 0. The standard InChI is InChI=1S/C13H10BrN3/c14-11-6-7-13-12(8-11)15-16-17(13)9-10-4-2-1-3-5-10/h1-8H,9H2. The number of hydrogen-bond donors (Lipinski definition) is 0. The molecule has 0 N–H and O–H groups in total. The predicted octanol–water partition coefficient (Wildman–Crippen LogP) is 3.24. The molecule has 1 heterocycles. The molecule has 0 aliphatic carbocycles. The highest BCUT2D eigenvalue weighted by Gasteiger charge is 2.04. The number of aromatic nitrogens is 3. The molecule has 4 heteroatoms. The van der Waals surface area contributed by atoms with E-state index >= 15 is 0 Å². The third-order valence-corrected chi connectivity index (χ3v) is 3.14. The molecule has 0 spiro atoms. The summed E-state index contributed by atoms with van der Waals surface area (Å²) in [7, 11) is 0. The maximum absolute atomic E-state index is 4.18. The Balaban J connectivity index is 2.01. The highest BCUT2D eigenvalue weighted by Crippen LogP contribution is 2.18. The zero-order valence-corrected chi connectivity index (χ0v) is 10.6. The molecule has 3 aromatic rings.